The summed E-state index contributed by atoms with van der Waals surface area (Å²) in [6, 6.07) is 0. The molecule has 1 aliphatic rings. The lowest BCUT2D eigenvalue weighted by Gasteiger charge is -2.14. The highest BCUT2D eigenvalue weighted by atomic mass is 16.5. The van der Waals surface area contributed by atoms with E-state index in [4.69, 9.17) is 9.84 Å². The van der Waals surface area contributed by atoms with Gasteiger partial charge in [-0.15, -0.1) is 0 Å². The molecule has 0 aromatic rings. The Kier molecular flexibility index (Phi) is 4.94. The van der Waals surface area contributed by atoms with Gasteiger partial charge in [-0.25, -0.2) is 0 Å². The topological polar surface area (TPSA) is 46.5 Å². The molecule has 0 saturated heterocycles. The number of carboxylic acids is 1. The van der Waals surface area contributed by atoms with Crippen molar-refractivity contribution in [3.05, 3.63) is 0 Å². The zero-order valence-corrected chi connectivity index (χ0v) is 8.87. The van der Waals surface area contributed by atoms with E-state index < -0.39 is 5.97 Å². The molecule has 3 nitrogen and oxygen atoms in total. The number of rotatable bonds is 6. The van der Waals surface area contributed by atoms with E-state index in [9.17, 15) is 4.79 Å². The molecule has 0 aliphatic heterocycles. The fourth-order valence-electron chi connectivity index (χ4n) is 2.36. The van der Waals surface area contributed by atoms with Gasteiger partial charge in [0.2, 0.25) is 0 Å². The summed E-state index contributed by atoms with van der Waals surface area (Å²) in [5.74, 6) is -0.249. The average Bonchev–Trinajstić information content (AvgIpc) is 2.60. The highest BCUT2D eigenvalue weighted by Crippen LogP contribution is 2.35. The molecular weight excluding hydrogens is 180 g/mol. The lowest BCUT2D eigenvalue weighted by Crippen LogP contribution is -2.18. The normalized spacial score (nSPS) is 26.6. The summed E-state index contributed by atoms with van der Waals surface area (Å²) in [4.78, 5) is 10.9. The number of methoxy groups -OCH3 is 1. The Labute approximate surface area is 85.5 Å². The highest BCUT2D eigenvalue weighted by molar-refractivity contribution is 5.70. The van der Waals surface area contributed by atoms with Crippen molar-refractivity contribution in [3.63, 3.8) is 0 Å². The molecule has 14 heavy (non-hydrogen) atoms. The minimum atomic E-state index is -0.598. The van der Waals surface area contributed by atoms with Gasteiger partial charge in [0.25, 0.3) is 0 Å². The monoisotopic (exact) mass is 200 g/mol. The summed E-state index contributed by atoms with van der Waals surface area (Å²) in [7, 11) is 1.70. The second-order valence-electron chi connectivity index (χ2n) is 4.12. The molecule has 0 bridgehead atoms. The van der Waals surface area contributed by atoms with Crippen LogP contribution in [0.1, 0.15) is 38.5 Å². The molecule has 82 valence electrons. The van der Waals surface area contributed by atoms with Crippen LogP contribution < -0.4 is 0 Å². The SMILES string of the molecule is COCCCCC1CCCC1C(=O)O. The van der Waals surface area contributed by atoms with E-state index in [2.05, 4.69) is 0 Å². The van der Waals surface area contributed by atoms with Gasteiger partial charge >= 0.3 is 5.97 Å². The van der Waals surface area contributed by atoms with E-state index in [-0.39, 0.29) is 5.92 Å². The van der Waals surface area contributed by atoms with Crippen LogP contribution in [0.4, 0.5) is 0 Å². The van der Waals surface area contributed by atoms with Gasteiger partial charge in [0.15, 0.2) is 0 Å². The summed E-state index contributed by atoms with van der Waals surface area (Å²) in [5.41, 5.74) is 0. The van der Waals surface area contributed by atoms with Gasteiger partial charge in [0, 0.05) is 13.7 Å². The molecule has 1 rings (SSSR count). The Bertz CT molecular complexity index is 179. The number of aliphatic carboxylic acids is 1. The van der Waals surface area contributed by atoms with E-state index in [0.29, 0.717) is 5.92 Å². The van der Waals surface area contributed by atoms with E-state index in [1.807, 2.05) is 0 Å². The zero-order valence-electron chi connectivity index (χ0n) is 8.87. The molecule has 1 fully saturated rings. The Morgan fingerprint density at radius 2 is 2.21 bits per heavy atom. The molecule has 0 radical (unpaired) electrons. The van der Waals surface area contributed by atoms with Crippen molar-refractivity contribution in [3.8, 4) is 0 Å². The minimum absolute atomic E-state index is 0.0717. The van der Waals surface area contributed by atoms with Crippen LogP contribution in [0, 0.1) is 11.8 Å². The molecule has 0 amide bonds. The van der Waals surface area contributed by atoms with Crippen molar-refractivity contribution in [2.75, 3.05) is 13.7 Å². The second kappa shape index (κ2) is 6.02. The molecule has 0 heterocycles. The molecule has 1 N–H and O–H groups in total. The third-order valence-corrected chi connectivity index (χ3v) is 3.15. The maximum atomic E-state index is 10.9. The van der Waals surface area contributed by atoms with Crippen molar-refractivity contribution in [2.24, 2.45) is 11.8 Å². The van der Waals surface area contributed by atoms with Crippen LogP contribution >= 0.6 is 0 Å². The summed E-state index contributed by atoms with van der Waals surface area (Å²) in [6.07, 6.45) is 6.28. The first-order chi connectivity index (χ1) is 6.75. The summed E-state index contributed by atoms with van der Waals surface area (Å²) < 4.78 is 4.96. The largest absolute Gasteiger partial charge is 0.481 e. The molecule has 3 heteroatoms. The van der Waals surface area contributed by atoms with Gasteiger partial charge < -0.3 is 9.84 Å². The smallest absolute Gasteiger partial charge is 0.306 e. The molecule has 2 unspecified atom stereocenters. The van der Waals surface area contributed by atoms with Crippen molar-refractivity contribution in [2.45, 2.75) is 38.5 Å². The summed E-state index contributed by atoms with van der Waals surface area (Å²) in [5, 5.41) is 8.96. The van der Waals surface area contributed by atoms with E-state index in [1.165, 1.54) is 0 Å². The first-order valence-corrected chi connectivity index (χ1v) is 5.47. The van der Waals surface area contributed by atoms with Crippen molar-refractivity contribution >= 4 is 5.97 Å². The number of hydrogen-bond acceptors (Lipinski definition) is 2. The Balaban J connectivity index is 2.19. The fraction of sp³-hybridized carbons (Fsp3) is 0.909. The third-order valence-electron chi connectivity index (χ3n) is 3.15. The number of carboxylic acid groups (broad SMARTS) is 1. The first kappa shape index (κ1) is 11.5. The minimum Gasteiger partial charge on any atom is -0.481 e. The Hall–Kier alpha value is -0.570. The molecule has 1 saturated carbocycles. The Morgan fingerprint density at radius 1 is 1.43 bits per heavy atom. The lowest BCUT2D eigenvalue weighted by atomic mass is 9.91. The molecule has 2 atom stereocenters. The average molecular weight is 200 g/mol. The van der Waals surface area contributed by atoms with Gasteiger partial charge in [-0.2, -0.15) is 0 Å². The molecule has 0 aromatic carbocycles. The second-order valence-corrected chi connectivity index (χ2v) is 4.12. The summed E-state index contributed by atoms with van der Waals surface area (Å²) >= 11 is 0. The lowest BCUT2D eigenvalue weighted by molar-refractivity contribution is -0.143. The van der Waals surface area contributed by atoms with Crippen LogP contribution in [0.15, 0.2) is 0 Å². The van der Waals surface area contributed by atoms with E-state index in [1.54, 1.807) is 7.11 Å². The molecule has 0 spiro atoms. The van der Waals surface area contributed by atoms with E-state index >= 15 is 0 Å². The maximum Gasteiger partial charge on any atom is 0.306 e. The van der Waals surface area contributed by atoms with Crippen LogP contribution in [0.3, 0.4) is 0 Å². The van der Waals surface area contributed by atoms with Gasteiger partial charge in [-0.1, -0.05) is 12.8 Å². The molecule has 0 aromatic heterocycles. The molecule has 1 aliphatic carbocycles. The van der Waals surface area contributed by atoms with E-state index in [0.717, 1.165) is 45.1 Å². The van der Waals surface area contributed by atoms with Gasteiger partial charge in [-0.05, 0) is 31.6 Å². The number of hydrogen-bond donors (Lipinski definition) is 1. The van der Waals surface area contributed by atoms with Crippen LogP contribution in [0.2, 0.25) is 0 Å². The number of unbranched alkanes of at least 4 members (excludes halogenated alkanes) is 1. The van der Waals surface area contributed by atoms with Crippen LogP contribution in [-0.2, 0) is 9.53 Å². The predicted octanol–water partition coefficient (Wildman–Crippen LogP) is 2.30. The standard InChI is InChI=1S/C11H20O3/c1-14-8-3-2-5-9-6-4-7-10(9)11(12)13/h9-10H,2-8H2,1H3,(H,12,13). The number of ether oxygens (including phenoxy) is 1. The maximum absolute atomic E-state index is 10.9. The zero-order chi connectivity index (χ0) is 10.4. The van der Waals surface area contributed by atoms with Crippen LogP contribution in [0.25, 0.3) is 0 Å². The quantitative estimate of drug-likeness (QED) is 0.669. The number of carbonyl (C=O) groups is 1. The Morgan fingerprint density at radius 3 is 2.86 bits per heavy atom. The van der Waals surface area contributed by atoms with Gasteiger partial charge in [-0.3, -0.25) is 4.79 Å². The van der Waals surface area contributed by atoms with Gasteiger partial charge in [0.1, 0.15) is 0 Å². The van der Waals surface area contributed by atoms with Gasteiger partial charge in [0.05, 0.1) is 5.92 Å². The fourth-order valence-corrected chi connectivity index (χ4v) is 2.36. The van der Waals surface area contributed by atoms with Crippen molar-refractivity contribution in [1.29, 1.82) is 0 Å². The predicted molar refractivity (Wildman–Crippen MR) is 54.2 cm³/mol. The van der Waals surface area contributed by atoms with Crippen molar-refractivity contribution in [1.82, 2.24) is 0 Å². The van der Waals surface area contributed by atoms with Crippen molar-refractivity contribution < 1.29 is 14.6 Å². The third kappa shape index (κ3) is 3.29. The first-order valence-electron chi connectivity index (χ1n) is 5.47. The van der Waals surface area contributed by atoms with Crippen LogP contribution in [-0.4, -0.2) is 24.8 Å². The highest BCUT2D eigenvalue weighted by Gasteiger charge is 2.31. The summed E-state index contributed by atoms with van der Waals surface area (Å²) in [6.45, 7) is 0.796. The van der Waals surface area contributed by atoms with Crippen LogP contribution in [0.5, 0.6) is 0 Å². The molecular formula is C11H20O3.